The summed E-state index contributed by atoms with van der Waals surface area (Å²) < 4.78 is 52.3. The molecule has 11 nitrogen and oxygen atoms in total. The Morgan fingerprint density at radius 1 is 1.11 bits per heavy atom. The standard InChI is InChI=1S/C22H23F2N9O2S/c1-13(2)28-18-9-20(26-11-16(18)17-6-8-32(31-17)22(23)24)29-19-5-7-25-21(30-19)14-10-27-33(12-14)36(34,35)15-3-4-15/h5-13,15,22H,3-4H2,1-2H3,(H2,25,26,28,29,30). The van der Waals surface area contributed by atoms with E-state index in [0.717, 1.165) is 4.09 Å². The Bertz CT molecular complexity index is 1500. The predicted molar refractivity (Wildman–Crippen MR) is 129 cm³/mol. The molecule has 0 atom stereocenters. The average molecular weight is 516 g/mol. The van der Waals surface area contributed by atoms with Gasteiger partial charge in [-0.1, -0.05) is 0 Å². The number of anilines is 3. The minimum atomic E-state index is -3.49. The summed E-state index contributed by atoms with van der Waals surface area (Å²) in [6, 6.07) is 4.94. The number of nitrogens with one attached hydrogen (secondary N) is 2. The Kier molecular flexibility index (Phi) is 6.12. The van der Waals surface area contributed by atoms with Gasteiger partial charge in [-0.25, -0.2) is 28.1 Å². The van der Waals surface area contributed by atoms with Crippen LogP contribution >= 0.6 is 0 Å². The summed E-state index contributed by atoms with van der Waals surface area (Å²) >= 11 is 0. The van der Waals surface area contributed by atoms with Gasteiger partial charge in [0.05, 0.1) is 28.9 Å². The van der Waals surface area contributed by atoms with E-state index in [0.29, 0.717) is 57.5 Å². The van der Waals surface area contributed by atoms with Gasteiger partial charge in [-0.2, -0.15) is 23.1 Å². The highest BCUT2D eigenvalue weighted by atomic mass is 32.2. The van der Waals surface area contributed by atoms with Gasteiger partial charge in [-0.3, -0.25) is 0 Å². The molecule has 5 rings (SSSR count). The third-order valence-electron chi connectivity index (χ3n) is 5.37. The molecule has 0 aromatic carbocycles. The summed E-state index contributed by atoms with van der Waals surface area (Å²) in [5.41, 5.74) is 2.05. The topological polar surface area (TPSA) is 133 Å². The smallest absolute Gasteiger partial charge is 0.333 e. The number of nitrogens with zero attached hydrogens (tertiary/aromatic N) is 7. The Labute approximate surface area is 205 Å². The first-order valence-electron chi connectivity index (χ1n) is 11.2. The van der Waals surface area contributed by atoms with Crippen molar-refractivity contribution < 1.29 is 17.2 Å². The van der Waals surface area contributed by atoms with Crippen LogP contribution in [0.2, 0.25) is 0 Å². The van der Waals surface area contributed by atoms with Gasteiger partial charge in [-0.15, -0.1) is 0 Å². The molecule has 1 aliphatic rings. The van der Waals surface area contributed by atoms with Crippen molar-refractivity contribution in [1.29, 1.82) is 0 Å². The van der Waals surface area contributed by atoms with Gasteiger partial charge in [0.15, 0.2) is 5.82 Å². The van der Waals surface area contributed by atoms with Crippen molar-refractivity contribution >= 4 is 27.3 Å². The van der Waals surface area contributed by atoms with E-state index >= 15 is 0 Å². The molecule has 0 radical (unpaired) electrons. The van der Waals surface area contributed by atoms with Crippen molar-refractivity contribution in [2.24, 2.45) is 0 Å². The molecule has 1 fully saturated rings. The first-order chi connectivity index (χ1) is 17.2. The maximum absolute atomic E-state index is 13.0. The first kappa shape index (κ1) is 23.8. The predicted octanol–water partition coefficient (Wildman–Crippen LogP) is 3.90. The van der Waals surface area contributed by atoms with Crippen LogP contribution in [0.15, 0.2) is 49.2 Å². The van der Waals surface area contributed by atoms with Crippen molar-refractivity contribution in [1.82, 2.24) is 33.9 Å². The molecule has 4 heterocycles. The van der Waals surface area contributed by atoms with Crippen molar-refractivity contribution in [3.63, 3.8) is 0 Å². The second kappa shape index (κ2) is 9.26. The molecule has 0 spiro atoms. The lowest BCUT2D eigenvalue weighted by Gasteiger charge is -2.15. The minimum Gasteiger partial charge on any atom is -0.382 e. The molecule has 0 amide bonds. The number of alkyl halides is 2. The number of halogens is 2. The Balaban J connectivity index is 1.40. The third kappa shape index (κ3) is 4.89. The van der Waals surface area contributed by atoms with Crippen molar-refractivity contribution in [3.8, 4) is 22.6 Å². The number of aromatic nitrogens is 7. The number of pyridine rings is 1. The van der Waals surface area contributed by atoms with Crippen molar-refractivity contribution in [2.75, 3.05) is 10.6 Å². The van der Waals surface area contributed by atoms with Gasteiger partial charge in [0.1, 0.15) is 11.6 Å². The molecule has 0 bridgehead atoms. The van der Waals surface area contributed by atoms with Gasteiger partial charge in [-0.05, 0) is 38.8 Å². The van der Waals surface area contributed by atoms with E-state index in [2.05, 4.69) is 35.8 Å². The highest BCUT2D eigenvalue weighted by Crippen LogP contribution is 2.31. The van der Waals surface area contributed by atoms with Crippen LogP contribution in [-0.4, -0.2) is 53.6 Å². The van der Waals surface area contributed by atoms with Crippen LogP contribution in [0.1, 0.15) is 33.2 Å². The van der Waals surface area contributed by atoms with Gasteiger partial charge >= 0.3 is 6.55 Å². The summed E-state index contributed by atoms with van der Waals surface area (Å²) in [6.45, 7) is 1.17. The largest absolute Gasteiger partial charge is 0.382 e. The lowest BCUT2D eigenvalue weighted by atomic mass is 10.1. The molecule has 14 heteroatoms. The molecular weight excluding hydrogens is 492 g/mol. The summed E-state index contributed by atoms with van der Waals surface area (Å²) in [4.78, 5) is 13.1. The van der Waals surface area contributed by atoms with Gasteiger partial charge in [0.2, 0.25) is 0 Å². The zero-order valence-corrected chi connectivity index (χ0v) is 20.2. The fraction of sp³-hybridized carbons (Fsp3) is 0.318. The van der Waals surface area contributed by atoms with E-state index in [4.69, 9.17) is 0 Å². The molecule has 4 aromatic heterocycles. The molecule has 1 saturated carbocycles. The van der Waals surface area contributed by atoms with Gasteiger partial charge < -0.3 is 10.6 Å². The van der Waals surface area contributed by atoms with Crippen LogP contribution in [0.3, 0.4) is 0 Å². The summed E-state index contributed by atoms with van der Waals surface area (Å²) in [6.07, 6.45) is 8.39. The zero-order valence-electron chi connectivity index (χ0n) is 19.4. The van der Waals surface area contributed by atoms with Crippen molar-refractivity contribution in [3.05, 3.63) is 49.2 Å². The maximum Gasteiger partial charge on any atom is 0.333 e. The van der Waals surface area contributed by atoms with Crippen LogP contribution in [0.25, 0.3) is 22.6 Å². The van der Waals surface area contributed by atoms with E-state index in [-0.39, 0.29) is 11.3 Å². The average Bonchev–Trinajstić information content (AvgIpc) is 3.37. The van der Waals surface area contributed by atoms with Crippen LogP contribution < -0.4 is 10.6 Å². The SMILES string of the molecule is CC(C)Nc1cc(Nc2ccnc(-c3cnn(S(=O)(=O)C4CC4)c3)n2)ncc1-c1ccn(C(F)F)n1. The molecule has 0 aliphatic heterocycles. The molecule has 2 N–H and O–H groups in total. The Hall–Kier alpha value is -3.94. The highest BCUT2D eigenvalue weighted by Gasteiger charge is 2.37. The number of rotatable bonds is 9. The van der Waals surface area contributed by atoms with E-state index in [1.807, 2.05) is 13.8 Å². The highest BCUT2D eigenvalue weighted by molar-refractivity contribution is 7.90. The van der Waals surface area contributed by atoms with Crippen LogP contribution in [0.5, 0.6) is 0 Å². The number of hydrogen-bond acceptors (Lipinski definition) is 9. The van der Waals surface area contributed by atoms with Gasteiger partial charge in [0, 0.05) is 41.9 Å². The molecule has 1 aliphatic carbocycles. The monoisotopic (exact) mass is 515 g/mol. The fourth-order valence-electron chi connectivity index (χ4n) is 3.53. The maximum atomic E-state index is 13.0. The first-order valence-corrected chi connectivity index (χ1v) is 12.7. The third-order valence-corrected chi connectivity index (χ3v) is 7.40. The van der Waals surface area contributed by atoms with E-state index < -0.39 is 16.6 Å². The van der Waals surface area contributed by atoms with Crippen LogP contribution in [0.4, 0.5) is 26.1 Å². The normalized spacial score (nSPS) is 13.9. The summed E-state index contributed by atoms with van der Waals surface area (Å²) in [7, 11) is -3.49. The quantitative estimate of drug-likeness (QED) is 0.340. The Morgan fingerprint density at radius 3 is 2.61 bits per heavy atom. The van der Waals surface area contributed by atoms with E-state index in [1.54, 1.807) is 18.3 Å². The lowest BCUT2D eigenvalue weighted by molar-refractivity contribution is 0.0568. The molecule has 188 valence electrons. The number of hydrogen-bond donors (Lipinski definition) is 2. The minimum absolute atomic E-state index is 0.0605. The Morgan fingerprint density at radius 2 is 1.92 bits per heavy atom. The van der Waals surface area contributed by atoms with Crippen molar-refractivity contribution in [2.45, 2.75) is 44.5 Å². The van der Waals surface area contributed by atoms with E-state index in [9.17, 15) is 17.2 Å². The molecule has 0 unspecified atom stereocenters. The lowest BCUT2D eigenvalue weighted by Crippen LogP contribution is -2.17. The second-order valence-corrected chi connectivity index (χ2v) is 10.7. The molecule has 36 heavy (non-hydrogen) atoms. The van der Waals surface area contributed by atoms with Gasteiger partial charge in [0.25, 0.3) is 10.0 Å². The summed E-state index contributed by atoms with van der Waals surface area (Å²) in [5, 5.41) is 13.9. The van der Waals surface area contributed by atoms with E-state index in [1.165, 1.54) is 30.9 Å². The van der Waals surface area contributed by atoms with Crippen LogP contribution in [-0.2, 0) is 10.0 Å². The summed E-state index contributed by atoms with van der Waals surface area (Å²) in [5.74, 6) is 1.18. The molecule has 0 saturated heterocycles. The second-order valence-electron chi connectivity index (χ2n) is 8.61. The molecule has 4 aromatic rings. The van der Waals surface area contributed by atoms with Crippen LogP contribution in [0, 0.1) is 0 Å². The fourth-order valence-corrected chi connectivity index (χ4v) is 5.00. The molecular formula is C22H23F2N9O2S. The zero-order chi connectivity index (χ0) is 25.4.